The van der Waals surface area contributed by atoms with Gasteiger partial charge in [-0.15, -0.1) is 0 Å². The molecule has 142 valence electrons. The van der Waals surface area contributed by atoms with E-state index >= 15 is 0 Å². The Morgan fingerprint density at radius 1 is 1.11 bits per heavy atom. The maximum Gasteiger partial charge on any atom is 0.340 e. The molecule has 0 spiro atoms. The van der Waals surface area contributed by atoms with Crippen LogP contribution in [0.3, 0.4) is 0 Å². The maximum atomic E-state index is 12.8. The number of hydrogen-bond acceptors (Lipinski definition) is 6. The largest absolute Gasteiger partial charge is 0.497 e. The molecular formula is C18H18N2O6S. The summed E-state index contributed by atoms with van der Waals surface area (Å²) in [5.74, 6) is -0.403. The Hall–Kier alpha value is -3.07. The third kappa shape index (κ3) is 3.87. The average Bonchev–Trinajstić information content (AvgIpc) is 2.66. The molecule has 2 aromatic carbocycles. The van der Waals surface area contributed by atoms with Crippen LogP contribution in [-0.4, -0.2) is 34.5 Å². The van der Waals surface area contributed by atoms with Gasteiger partial charge in [0.15, 0.2) is 0 Å². The lowest BCUT2D eigenvalue weighted by atomic mass is 10.0. The number of benzene rings is 2. The van der Waals surface area contributed by atoms with Gasteiger partial charge in [-0.25, -0.2) is 13.2 Å². The Bertz CT molecular complexity index is 1020. The molecule has 2 aromatic rings. The second kappa shape index (κ2) is 7.28. The first-order valence-corrected chi connectivity index (χ1v) is 9.54. The molecule has 0 aliphatic carbocycles. The topological polar surface area (TPSA) is 111 Å². The van der Waals surface area contributed by atoms with Crippen LogP contribution in [0.1, 0.15) is 22.3 Å². The van der Waals surface area contributed by atoms with Gasteiger partial charge >= 0.3 is 5.97 Å². The third-order valence-electron chi connectivity index (χ3n) is 4.16. The second-order valence-corrected chi connectivity index (χ2v) is 7.56. The van der Waals surface area contributed by atoms with Crippen molar-refractivity contribution in [3.63, 3.8) is 0 Å². The molecule has 1 heterocycles. The van der Waals surface area contributed by atoms with E-state index < -0.39 is 16.0 Å². The molecule has 0 saturated carbocycles. The van der Waals surface area contributed by atoms with Crippen molar-refractivity contribution in [2.45, 2.75) is 17.7 Å². The minimum absolute atomic E-state index is 0.0315. The van der Waals surface area contributed by atoms with Gasteiger partial charge in [0.2, 0.25) is 5.91 Å². The van der Waals surface area contributed by atoms with Crippen molar-refractivity contribution in [2.24, 2.45) is 0 Å². The summed E-state index contributed by atoms with van der Waals surface area (Å²) in [6, 6.07) is 8.82. The van der Waals surface area contributed by atoms with Gasteiger partial charge in [-0.1, -0.05) is 0 Å². The van der Waals surface area contributed by atoms with Gasteiger partial charge in [-0.05, 0) is 48.4 Å². The number of aryl methyl sites for hydroxylation is 1. The number of esters is 1. The number of ether oxygens (including phenoxy) is 2. The van der Waals surface area contributed by atoms with Gasteiger partial charge in [-0.3, -0.25) is 9.52 Å². The lowest BCUT2D eigenvalue weighted by Gasteiger charge is -2.18. The molecule has 0 atom stereocenters. The SMILES string of the molecule is COC(=O)c1cc(OC)ccc1NS(=O)(=O)c1ccc2c(c1)CCC(=O)N2. The summed E-state index contributed by atoms with van der Waals surface area (Å²) in [4.78, 5) is 23.5. The number of methoxy groups -OCH3 is 2. The summed E-state index contributed by atoms with van der Waals surface area (Å²) in [6.07, 6.45) is 0.759. The van der Waals surface area contributed by atoms with Crippen molar-refractivity contribution in [1.29, 1.82) is 0 Å². The first kappa shape index (κ1) is 18.7. The molecule has 0 aromatic heterocycles. The summed E-state index contributed by atoms with van der Waals surface area (Å²) in [7, 11) is -1.31. The zero-order valence-electron chi connectivity index (χ0n) is 14.7. The number of anilines is 2. The van der Waals surface area contributed by atoms with E-state index in [-0.39, 0.29) is 22.1 Å². The van der Waals surface area contributed by atoms with Crippen LogP contribution in [0.25, 0.3) is 0 Å². The number of carbonyl (C=O) groups excluding carboxylic acids is 2. The normalized spacial score (nSPS) is 13.3. The Morgan fingerprint density at radius 3 is 2.59 bits per heavy atom. The van der Waals surface area contributed by atoms with Gasteiger partial charge in [-0.2, -0.15) is 0 Å². The van der Waals surface area contributed by atoms with Crippen molar-refractivity contribution in [2.75, 3.05) is 24.3 Å². The fourth-order valence-electron chi connectivity index (χ4n) is 2.75. The molecule has 9 heteroatoms. The van der Waals surface area contributed by atoms with E-state index in [1.54, 1.807) is 6.07 Å². The Morgan fingerprint density at radius 2 is 1.89 bits per heavy atom. The molecule has 0 fully saturated rings. The molecule has 2 N–H and O–H groups in total. The van der Waals surface area contributed by atoms with Crippen LogP contribution in [0.4, 0.5) is 11.4 Å². The van der Waals surface area contributed by atoms with Crippen LogP contribution in [0.2, 0.25) is 0 Å². The monoisotopic (exact) mass is 390 g/mol. The number of sulfonamides is 1. The molecule has 1 aliphatic heterocycles. The van der Waals surface area contributed by atoms with Gasteiger partial charge in [0, 0.05) is 12.1 Å². The number of hydrogen-bond donors (Lipinski definition) is 2. The van der Waals surface area contributed by atoms with E-state index in [9.17, 15) is 18.0 Å². The molecule has 1 aliphatic rings. The van der Waals surface area contributed by atoms with Crippen molar-refractivity contribution in [3.8, 4) is 5.75 Å². The van der Waals surface area contributed by atoms with Crippen LogP contribution in [-0.2, 0) is 26.0 Å². The number of carbonyl (C=O) groups is 2. The first-order chi connectivity index (χ1) is 12.8. The van der Waals surface area contributed by atoms with E-state index in [1.165, 1.54) is 44.6 Å². The third-order valence-corrected chi connectivity index (χ3v) is 5.52. The van der Waals surface area contributed by atoms with E-state index in [4.69, 9.17) is 9.47 Å². The smallest absolute Gasteiger partial charge is 0.340 e. The number of nitrogens with one attached hydrogen (secondary N) is 2. The number of fused-ring (bicyclic) bond motifs is 1. The molecule has 0 unspecified atom stereocenters. The highest BCUT2D eigenvalue weighted by Crippen LogP contribution is 2.28. The first-order valence-electron chi connectivity index (χ1n) is 8.06. The van der Waals surface area contributed by atoms with Crippen LogP contribution in [0, 0.1) is 0 Å². The van der Waals surface area contributed by atoms with E-state index in [0.717, 1.165) is 5.56 Å². The van der Waals surface area contributed by atoms with E-state index in [0.29, 0.717) is 24.3 Å². The Kier molecular flexibility index (Phi) is 5.04. The maximum absolute atomic E-state index is 12.8. The summed E-state index contributed by atoms with van der Waals surface area (Å²) in [6.45, 7) is 0. The van der Waals surface area contributed by atoms with Gasteiger partial charge in [0.1, 0.15) is 5.75 Å². The van der Waals surface area contributed by atoms with Crippen molar-refractivity contribution >= 4 is 33.3 Å². The molecule has 0 bridgehead atoms. The average molecular weight is 390 g/mol. The van der Waals surface area contributed by atoms with Crippen molar-refractivity contribution in [1.82, 2.24) is 0 Å². The quantitative estimate of drug-likeness (QED) is 0.757. The Labute approximate surface area is 156 Å². The summed E-state index contributed by atoms with van der Waals surface area (Å²) >= 11 is 0. The van der Waals surface area contributed by atoms with Crippen LogP contribution < -0.4 is 14.8 Å². The highest BCUT2D eigenvalue weighted by Gasteiger charge is 2.22. The molecular weight excluding hydrogens is 372 g/mol. The van der Waals surface area contributed by atoms with Crippen LogP contribution >= 0.6 is 0 Å². The number of amides is 1. The molecule has 3 rings (SSSR count). The fourth-order valence-corrected chi connectivity index (χ4v) is 3.88. The van der Waals surface area contributed by atoms with Gasteiger partial charge in [0.05, 0.1) is 30.4 Å². The molecule has 1 amide bonds. The van der Waals surface area contributed by atoms with E-state index in [2.05, 4.69) is 10.0 Å². The lowest BCUT2D eigenvalue weighted by Crippen LogP contribution is -2.20. The van der Waals surface area contributed by atoms with Crippen LogP contribution in [0.5, 0.6) is 5.75 Å². The lowest BCUT2D eigenvalue weighted by molar-refractivity contribution is -0.116. The standard InChI is InChI=1S/C18H18N2O6S/c1-25-12-4-6-16(14(10-12)18(22)26-2)20-27(23,24)13-5-7-15-11(9-13)3-8-17(21)19-15/h4-7,9-10,20H,3,8H2,1-2H3,(H,19,21). The molecule has 27 heavy (non-hydrogen) atoms. The highest BCUT2D eigenvalue weighted by molar-refractivity contribution is 7.92. The Balaban J connectivity index is 1.95. The molecule has 0 saturated heterocycles. The number of rotatable bonds is 5. The summed E-state index contributed by atoms with van der Waals surface area (Å²) < 4.78 is 37.8. The zero-order valence-corrected chi connectivity index (χ0v) is 15.6. The zero-order chi connectivity index (χ0) is 19.6. The van der Waals surface area contributed by atoms with E-state index in [1.807, 2.05) is 0 Å². The minimum Gasteiger partial charge on any atom is -0.497 e. The minimum atomic E-state index is -3.96. The van der Waals surface area contributed by atoms with Gasteiger partial charge < -0.3 is 14.8 Å². The van der Waals surface area contributed by atoms with Crippen LogP contribution in [0.15, 0.2) is 41.3 Å². The molecule has 8 nitrogen and oxygen atoms in total. The van der Waals surface area contributed by atoms with Gasteiger partial charge in [0.25, 0.3) is 10.0 Å². The summed E-state index contributed by atoms with van der Waals surface area (Å²) in [5, 5.41) is 2.70. The highest BCUT2D eigenvalue weighted by atomic mass is 32.2. The van der Waals surface area contributed by atoms with Crippen molar-refractivity contribution < 1.29 is 27.5 Å². The van der Waals surface area contributed by atoms with Crippen molar-refractivity contribution in [3.05, 3.63) is 47.5 Å². The summed E-state index contributed by atoms with van der Waals surface area (Å²) in [5.41, 5.74) is 1.45. The predicted molar refractivity (Wildman–Crippen MR) is 98.5 cm³/mol. The fraction of sp³-hybridized carbons (Fsp3) is 0.222. The second-order valence-electron chi connectivity index (χ2n) is 5.88. The predicted octanol–water partition coefficient (Wildman–Crippen LogP) is 2.17. The molecule has 0 radical (unpaired) electrons.